The van der Waals surface area contributed by atoms with Gasteiger partial charge in [0, 0.05) is 11.4 Å². The molecule has 1 aromatic carbocycles. The van der Waals surface area contributed by atoms with Gasteiger partial charge in [-0.15, -0.1) is 0 Å². The van der Waals surface area contributed by atoms with Crippen molar-refractivity contribution in [2.24, 2.45) is 4.99 Å². The van der Waals surface area contributed by atoms with Gasteiger partial charge in [-0.1, -0.05) is 29.6 Å². The highest BCUT2D eigenvalue weighted by atomic mass is 32.2. The van der Waals surface area contributed by atoms with Crippen LogP contribution in [0.3, 0.4) is 0 Å². The third-order valence-electron chi connectivity index (χ3n) is 2.68. The van der Waals surface area contributed by atoms with E-state index in [1.807, 2.05) is 25.1 Å². The molecule has 2 rings (SSSR count). The van der Waals surface area contributed by atoms with Crippen LogP contribution >= 0.6 is 23.5 Å². The third kappa shape index (κ3) is 3.78. The van der Waals surface area contributed by atoms with Gasteiger partial charge in [-0.25, -0.2) is 0 Å². The predicted molar refractivity (Wildman–Crippen MR) is 81.8 cm³/mol. The van der Waals surface area contributed by atoms with E-state index in [2.05, 4.69) is 17.2 Å². The van der Waals surface area contributed by atoms with E-state index in [1.165, 1.54) is 22.9 Å². The molecule has 5 heteroatoms. The Labute approximate surface area is 116 Å². The molecular formula is C13H16N2OS2. The number of carbonyl (C=O) groups excluding carboxylic acids is 1. The van der Waals surface area contributed by atoms with E-state index >= 15 is 0 Å². The highest BCUT2D eigenvalue weighted by Crippen LogP contribution is 2.22. The minimum atomic E-state index is 0.0263. The molecule has 0 fully saturated rings. The molecule has 0 atom stereocenters. The molecule has 0 saturated carbocycles. The number of aryl methyl sites for hydroxylation is 2. The molecule has 96 valence electrons. The minimum Gasteiger partial charge on any atom is -0.325 e. The molecule has 0 spiro atoms. The van der Waals surface area contributed by atoms with Crippen LogP contribution in [0.2, 0.25) is 0 Å². The van der Waals surface area contributed by atoms with E-state index < -0.39 is 0 Å². The maximum Gasteiger partial charge on any atom is 0.234 e. The summed E-state index contributed by atoms with van der Waals surface area (Å²) in [6.07, 6.45) is 0. The first-order valence-corrected chi connectivity index (χ1v) is 7.79. The second-order valence-electron chi connectivity index (χ2n) is 4.13. The summed E-state index contributed by atoms with van der Waals surface area (Å²) in [5, 5.41) is 2.91. The normalized spacial score (nSPS) is 14.4. The number of carbonyl (C=O) groups is 1. The first kappa shape index (κ1) is 13.5. The van der Waals surface area contributed by atoms with E-state index in [0.717, 1.165) is 22.4 Å². The number of rotatable bonds is 3. The van der Waals surface area contributed by atoms with Gasteiger partial charge < -0.3 is 5.32 Å². The Bertz CT molecular complexity index is 486. The Kier molecular flexibility index (Phi) is 4.72. The van der Waals surface area contributed by atoms with Gasteiger partial charge in [-0.05, 0) is 37.1 Å². The Morgan fingerprint density at radius 3 is 2.94 bits per heavy atom. The van der Waals surface area contributed by atoms with Crippen molar-refractivity contribution in [3.63, 3.8) is 0 Å². The number of hydrogen-bond donors (Lipinski definition) is 1. The fraction of sp³-hybridized carbons (Fsp3) is 0.385. The molecule has 1 aliphatic heterocycles. The number of hydrogen-bond acceptors (Lipinski definition) is 4. The van der Waals surface area contributed by atoms with Crippen LogP contribution < -0.4 is 5.32 Å². The van der Waals surface area contributed by atoms with Crippen LogP contribution in [0.15, 0.2) is 23.2 Å². The maximum absolute atomic E-state index is 11.8. The first-order valence-electron chi connectivity index (χ1n) is 5.82. The molecular weight excluding hydrogens is 264 g/mol. The second-order valence-corrected chi connectivity index (χ2v) is 6.44. The zero-order valence-electron chi connectivity index (χ0n) is 10.5. The average Bonchev–Trinajstić information content (AvgIpc) is 2.84. The Balaban J connectivity index is 1.84. The largest absolute Gasteiger partial charge is 0.325 e. The minimum absolute atomic E-state index is 0.0263. The van der Waals surface area contributed by atoms with Crippen LogP contribution in [0, 0.1) is 13.8 Å². The lowest BCUT2D eigenvalue weighted by Crippen LogP contribution is -2.14. The van der Waals surface area contributed by atoms with Crippen molar-refractivity contribution in [1.82, 2.24) is 0 Å². The standard InChI is InChI=1S/C13H16N2OS2/c1-9-3-4-11(7-10(9)2)15-12(16)8-18-13-14-5-6-17-13/h3-4,7H,5-6,8H2,1-2H3,(H,15,16). The fourth-order valence-electron chi connectivity index (χ4n) is 1.55. The van der Waals surface area contributed by atoms with Crippen molar-refractivity contribution >= 4 is 39.5 Å². The first-order chi connectivity index (χ1) is 8.65. The van der Waals surface area contributed by atoms with Crippen LogP contribution in [0.25, 0.3) is 0 Å². The van der Waals surface area contributed by atoms with Gasteiger partial charge in [-0.3, -0.25) is 9.79 Å². The van der Waals surface area contributed by atoms with Gasteiger partial charge in [0.05, 0.1) is 12.3 Å². The molecule has 0 bridgehead atoms. The summed E-state index contributed by atoms with van der Waals surface area (Å²) in [4.78, 5) is 16.1. The molecule has 1 amide bonds. The van der Waals surface area contributed by atoms with E-state index in [-0.39, 0.29) is 5.91 Å². The number of amides is 1. The fourth-order valence-corrected chi connectivity index (χ4v) is 3.36. The summed E-state index contributed by atoms with van der Waals surface area (Å²) in [6.45, 7) is 4.99. The molecule has 1 heterocycles. The SMILES string of the molecule is Cc1ccc(NC(=O)CSC2=NCCS2)cc1C. The molecule has 1 N–H and O–H groups in total. The molecule has 1 aliphatic rings. The van der Waals surface area contributed by atoms with Crippen LogP contribution in [0.5, 0.6) is 0 Å². The topological polar surface area (TPSA) is 41.5 Å². The monoisotopic (exact) mass is 280 g/mol. The van der Waals surface area contributed by atoms with Crippen molar-refractivity contribution < 1.29 is 4.79 Å². The van der Waals surface area contributed by atoms with Crippen molar-refractivity contribution in [3.8, 4) is 0 Å². The van der Waals surface area contributed by atoms with E-state index in [1.54, 1.807) is 11.8 Å². The summed E-state index contributed by atoms with van der Waals surface area (Å²) in [7, 11) is 0. The van der Waals surface area contributed by atoms with Crippen LogP contribution in [0.1, 0.15) is 11.1 Å². The second kappa shape index (κ2) is 6.29. The Hall–Kier alpha value is -0.940. The van der Waals surface area contributed by atoms with E-state index in [4.69, 9.17) is 0 Å². The van der Waals surface area contributed by atoms with Crippen LogP contribution in [-0.2, 0) is 4.79 Å². The Morgan fingerprint density at radius 1 is 1.44 bits per heavy atom. The molecule has 0 radical (unpaired) electrons. The summed E-state index contributed by atoms with van der Waals surface area (Å²) >= 11 is 3.25. The number of aliphatic imine (C=N–C) groups is 1. The molecule has 1 aromatic rings. The summed E-state index contributed by atoms with van der Waals surface area (Å²) in [6, 6.07) is 5.96. The number of thioether (sulfide) groups is 2. The predicted octanol–water partition coefficient (Wildman–Crippen LogP) is 3.08. The van der Waals surface area contributed by atoms with Gasteiger partial charge in [0.25, 0.3) is 0 Å². The van der Waals surface area contributed by atoms with E-state index in [9.17, 15) is 4.79 Å². The molecule has 0 aromatic heterocycles. The molecule has 18 heavy (non-hydrogen) atoms. The summed E-state index contributed by atoms with van der Waals surface area (Å²) in [5.74, 6) is 1.50. The smallest absolute Gasteiger partial charge is 0.234 e. The zero-order chi connectivity index (χ0) is 13.0. The van der Waals surface area contributed by atoms with Crippen LogP contribution in [0.4, 0.5) is 5.69 Å². The summed E-state index contributed by atoms with van der Waals surface area (Å²) in [5.41, 5.74) is 3.29. The molecule has 0 unspecified atom stereocenters. The van der Waals surface area contributed by atoms with Gasteiger partial charge in [0.2, 0.25) is 5.91 Å². The van der Waals surface area contributed by atoms with Crippen molar-refractivity contribution in [2.75, 3.05) is 23.4 Å². The van der Waals surface area contributed by atoms with Gasteiger partial charge in [0.1, 0.15) is 4.38 Å². The van der Waals surface area contributed by atoms with Crippen molar-refractivity contribution in [3.05, 3.63) is 29.3 Å². The number of benzene rings is 1. The quantitative estimate of drug-likeness (QED) is 0.925. The number of nitrogens with one attached hydrogen (secondary N) is 1. The number of anilines is 1. The zero-order valence-corrected chi connectivity index (χ0v) is 12.2. The van der Waals surface area contributed by atoms with Gasteiger partial charge in [-0.2, -0.15) is 0 Å². The van der Waals surface area contributed by atoms with Crippen LogP contribution in [-0.4, -0.2) is 28.3 Å². The van der Waals surface area contributed by atoms with Crippen molar-refractivity contribution in [1.29, 1.82) is 0 Å². The maximum atomic E-state index is 11.8. The highest BCUT2D eigenvalue weighted by molar-refractivity contribution is 8.39. The molecule has 0 aliphatic carbocycles. The molecule has 3 nitrogen and oxygen atoms in total. The lowest BCUT2D eigenvalue weighted by molar-refractivity contribution is -0.113. The highest BCUT2D eigenvalue weighted by Gasteiger charge is 2.10. The lowest BCUT2D eigenvalue weighted by atomic mass is 10.1. The Morgan fingerprint density at radius 2 is 2.28 bits per heavy atom. The average molecular weight is 280 g/mol. The molecule has 0 saturated heterocycles. The van der Waals surface area contributed by atoms with E-state index in [0.29, 0.717) is 5.75 Å². The third-order valence-corrected chi connectivity index (χ3v) is 4.93. The van der Waals surface area contributed by atoms with Gasteiger partial charge >= 0.3 is 0 Å². The van der Waals surface area contributed by atoms with Crippen molar-refractivity contribution in [2.45, 2.75) is 13.8 Å². The lowest BCUT2D eigenvalue weighted by Gasteiger charge is -2.07. The number of nitrogens with zero attached hydrogens (tertiary/aromatic N) is 1. The van der Waals surface area contributed by atoms with Gasteiger partial charge in [0.15, 0.2) is 0 Å². The summed E-state index contributed by atoms with van der Waals surface area (Å²) < 4.78 is 1.03.